The lowest BCUT2D eigenvalue weighted by Gasteiger charge is -2.24. The van der Waals surface area contributed by atoms with Crippen molar-refractivity contribution in [2.45, 2.75) is 32.5 Å². The summed E-state index contributed by atoms with van der Waals surface area (Å²) in [5.41, 5.74) is 6.57. The van der Waals surface area contributed by atoms with Crippen LogP contribution in [0.3, 0.4) is 0 Å². The van der Waals surface area contributed by atoms with E-state index in [4.69, 9.17) is 4.74 Å². The van der Waals surface area contributed by atoms with E-state index in [1.165, 1.54) is 6.21 Å². The Kier molecular flexibility index (Phi) is 6.82. The number of hydrogen-bond donors (Lipinski definition) is 2. The lowest BCUT2D eigenvalue weighted by Crippen LogP contribution is -2.32. The van der Waals surface area contributed by atoms with E-state index in [0.29, 0.717) is 18.0 Å². The maximum Gasteiger partial charge on any atom is 0.329 e. The maximum atomic E-state index is 12.1. The van der Waals surface area contributed by atoms with Crippen molar-refractivity contribution in [3.05, 3.63) is 83.0 Å². The van der Waals surface area contributed by atoms with Crippen LogP contribution in [0.5, 0.6) is 5.75 Å². The van der Waals surface area contributed by atoms with Crippen LogP contribution in [-0.2, 0) is 16.1 Å². The average Bonchev–Trinajstić information content (AvgIpc) is 3.24. The summed E-state index contributed by atoms with van der Waals surface area (Å²) in [5, 5.41) is 17.0. The van der Waals surface area contributed by atoms with Crippen molar-refractivity contribution in [1.82, 2.24) is 10.4 Å². The quantitative estimate of drug-likeness (QED) is 0.393. The topological polar surface area (TPSA) is 108 Å². The van der Waals surface area contributed by atoms with Crippen LogP contribution in [-0.4, -0.2) is 42.2 Å². The van der Waals surface area contributed by atoms with Gasteiger partial charge in [0.1, 0.15) is 11.8 Å². The number of aryl methyl sites for hydroxylation is 2. The molecule has 174 valence electrons. The van der Waals surface area contributed by atoms with Crippen molar-refractivity contribution >= 4 is 23.7 Å². The maximum absolute atomic E-state index is 12.1. The van der Waals surface area contributed by atoms with Crippen LogP contribution in [0.1, 0.15) is 22.3 Å². The Balaban J connectivity index is 1.38. The van der Waals surface area contributed by atoms with E-state index in [0.717, 1.165) is 22.3 Å². The van der Waals surface area contributed by atoms with Crippen LogP contribution in [0, 0.1) is 13.8 Å². The second kappa shape index (κ2) is 10.1. The predicted octanol–water partition coefficient (Wildman–Crippen LogP) is 3.45. The number of benzene rings is 2. The molecule has 9 heteroatoms. The molecule has 0 aromatic heterocycles. The Hall–Kier alpha value is -4.27. The first-order valence-corrected chi connectivity index (χ1v) is 10.9. The minimum absolute atomic E-state index is 0.0194. The van der Waals surface area contributed by atoms with Crippen LogP contribution >= 0.6 is 0 Å². The summed E-state index contributed by atoms with van der Waals surface area (Å²) in [6.07, 6.45) is 9.53. The molecule has 0 saturated carbocycles. The van der Waals surface area contributed by atoms with Crippen LogP contribution in [0.4, 0.5) is 5.69 Å². The summed E-state index contributed by atoms with van der Waals surface area (Å²) >= 11 is 0. The van der Waals surface area contributed by atoms with E-state index < -0.39 is 11.8 Å². The molecule has 34 heavy (non-hydrogen) atoms. The summed E-state index contributed by atoms with van der Waals surface area (Å²) in [6.45, 7) is 4.41. The van der Waals surface area contributed by atoms with E-state index in [9.17, 15) is 9.59 Å². The first-order chi connectivity index (χ1) is 16.4. The van der Waals surface area contributed by atoms with Gasteiger partial charge in [-0.3, -0.25) is 14.6 Å². The fourth-order valence-electron chi connectivity index (χ4n) is 3.69. The number of rotatable bonds is 6. The molecule has 1 aliphatic carbocycles. The Morgan fingerprint density at radius 1 is 1.09 bits per heavy atom. The zero-order valence-electron chi connectivity index (χ0n) is 19.2. The van der Waals surface area contributed by atoms with Gasteiger partial charge in [0.2, 0.25) is 0 Å². The number of ether oxygens (including phenoxy) is 1. The van der Waals surface area contributed by atoms with Gasteiger partial charge in [-0.25, -0.2) is 5.43 Å². The van der Waals surface area contributed by atoms with Crippen LogP contribution in [0.25, 0.3) is 0 Å². The normalized spacial score (nSPS) is 18.3. The first kappa shape index (κ1) is 22.9. The molecule has 0 saturated heterocycles. The first-order valence-electron chi connectivity index (χ1n) is 10.9. The average molecular weight is 459 g/mol. The molecule has 0 bridgehead atoms. The molecule has 1 aliphatic heterocycles. The fourth-order valence-corrected chi connectivity index (χ4v) is 3.69. The SMILES string of the molecule is COc1ccc(C=NNC(=O)C(=O)Nc2ccc(C)c(C)c2)cc1CN1N=NC2C=CC=CC21. The minimum atomic E-state index is -0.858. The molecule has 9 nitrogen and oxygen atoms in total. The van der Waals surface area contributed by atoms with E-state index in [-0.39, 0.29) is 12.1 Å². The molecule has 0 radical (unpaired) electrons. The Morgan fingerprint density at radius 3 is 2.71 bits per heavy atom. The summed E-state index contributed by atoms with van der Waals surface area (Å²) in [4.78, 5) is 24.3. The third-order valence-corrected chi connectivity index (χ3v) is 5.71. The number of hydrazone groups is 1. The summed E-state index contributed by atoms with van der Waals surface area (Å²) in [7, 11) is 1.61. The van der Waals surface area contributed by atoms with Crippen LogP contribution < -0.4 is 15.5 Å². The van der Waals surface area contributed by atoms with Gasteiger partial charge in [0.25, 0.3) is 0 Å². The predicted molar refractivity (Wildman–Crippen MR) is 130 cm³/mol. The number of carbonyl (C=O) groups is 2. The number of allylic oxidation sites excluding steroid dienone is 2. The third kappa shape index (κ3) is 5.20. The second-order valence-electron chi connectivity index (χ2n) is 8.08. The van der Waals surface area contributed by atoms with E-state index >= 15 is 0 Å². The highest BCUT2D eigenvalue weighted by atomic mass is 16.5. The van der Waals surface area contributed by atoms with Crippen LogP contribution in [0.15, 0.2) is 76.1 Å². The Bertz CT molecular complexity index is 1220. The Morgan fingerprint density at radius 2 is 1.91 bits per heavy atom. The molecule has 2 aromatic rings. The van der Waals surface area contributed by atoms with Gasteiger partial charge >= 0.3 is 11.8 Å². The number of fused-ring (bicyclic) bond motifs is 1. The highest BCUT2D eigenvalue weighted by molar-refractivity contribution is 6.39. The summed E-state index contributed by atoms with van der Waals surface area (Å²) in [5.74, 6) is -0.939. The van der Waals surface area contributed by atoms with Gasteiger partial charge in [0.05, 0.1) is 25.9 Å². The van der Waals surface area contributed by atoms with Gasteiger partial charge < -0.3 is 10.1 Å². The molecule has 4 rings (SSSR count). The number of amides is 2. The lowest BCUT2D eigenvalue weighted by molar-refractivity contribution is -0.136. The molecule has 2 N–H and O–H groups in total. The molecular formula is C25H26N6O3. The zero-order chi connectivity index (χ0) is 24.1. The molecule has 1 heterocycles. The Labute approximate surface area is 197 Å². The molecule has 2 amide bonds. The summed E-state index contributed by atoms with van der Waals surface area (Å²) < 4.78 is 5.50. The number of nitrogens with zero attached hydrogens (tertiary/aromatic N) is 4. The molecule has 2 aliphatic rings. The van der Waals surface area contributed by atoms with E-state index in [1.807, 2.05) is 67.4 Å². The van der Waals surface area contributed by atoms with Crippen molar-refractivity contribution < 1.29 is 14.3 Å². The fraction of sp³-hybridized carbons (Fsp3) is 0.240. The number of anilines is 1. The molecular weight excluding hydrogens is 432 g/mol. The molecule has 2 atom stereocenters. The van der Waals surface area contributed by atoms with Crippen molar-refractivity contribution in [3.8, 4) is 5.75 Å². The molecule has 2 aromatic carbocycles. The number of nitrogens with one attached hydrogen (secondary N) is 2. The van der Waals surface area contributed by atoms with Gasteiger partial charge in [0, 0.05) is 11.3 Å². The second-order valence-corrected chi connectivity index (χ2v) is 8.08. The lowest BCUT2D eigenvalue weighted by atomic mass is 10.0. The van der Waals surface area contributed by atoms with Gasteiger partial charge in [-0.05, 0) is 60.9 Å². The van der Waals surface area contributed by atoms with E-state index in [1.54, 1.807) is 13.2 Å². The third-order valence-electron chi connectivity index (χ3n) is 5.71. The molecule has 0 fully saturated rings. The smallest absolute Gasteiger partial charge is 0.329 e. The number of carbonyl (C=O) groups excluding carboxylic acids is 2. The van der Waals surface area contributed by atoms with Crippen molar-refractivity contribution in [3.63, 3.8) is 0 Å². The largest absolute Gasteiger partial charge is 0.496 e. The number of hydrogen-bond acceptors (Lipinski definition) is 7. The monoisotopic (exact) mass is 458 g/mol. The highest BCUT2D eigenvalue weighted by Gasteiger charge is 2.30. The van der Waals surface area contributed by atoms with Crippen molar-refractivity contribution in [1.29, 1.82) is 0 Å². The van der Waals surface area contributed by atoms with E-state index in [2.05, 4.69) is 32.3 Å². The van der Waals surface area contributed by atoms with Gasteiger partial charge in [-0.1, -0.05) is 35.6 Å². The highest BCUT2D eigenvalue weighted by Crippen LogP contribution is 2.28. The minimum Gasteiger partial charge on any atom is -0.496 e. The van der Waals surface area contributed by atoms with Crippen LogP contribution in [0.2, 0.25) is 0 Å². The zero-order valence-corrected chi connectivity index (χ0v) is 19.2. The van der Waals surface area contributed by atoms with Gasteiger partial charge in [-0.2, -0.15) is 10.2 Å². The van der Waals surface area contributed by atoms with Crippen molar-refractivity contribution in [2.75, 3.05) is 12.4 Å². The molecule has 2 unspecified atom stereocenters. The number of methoxy groups -OCH3 is 1. The molecule has 0 spiro atoms. The van der Waals surface area contributed by atoms with Gasteiger partial charge in [-0.15, -0.1) is 0 Å². The van der Waals surface area contributed by atoms with Crippen molar-refractivity contribution in [2.24, 2.45) is 15.4 Å². The summed E-state index contributed by atoms with van der Waals surface area (Å²) in [6, 6.07) is 11.1. The standard InChI is InChI=1S/C25H26N6O3/c1-16-8-10-20(12-17(16)2)27-24(32)25(33)29-26-14-18-9-11-23(34-3)19(13-18)15-31-22-7-5-4-6-21(22)28-30-31/h4-14,21-22H,15H2,1-3H3,(H,27,32)(H,29,33). The van der Waals surface area contributed by atoms with Gasteiger partial charge in [0.15, 0.2) is 0 Å².